The van der Waals surface area contributed by atoms with Crippen LogP contribution in [-0.4, -0.2) is 127 Å². The van der Waals surface area contributed by atoms with Crippen LogP contribution in [0.15, 0.2) is 49.9 Å². The number of nitrogens with zero attached hydrogens (tertiary/aromatic N) is 6. The van der Waals surface area contributed by atoms with Gasteiger partial charge < -0.3 is 52.7 Å². The van der Waals surface area contributed by atoms with Gasteiger partial charge in [-0.1, -0.05) is 17.3 Å². The normalized spacial score (nSPS) is 23.1. The van der Waals surface area contributed by atoms with Gasteiger partial charge in [0.15, 0.2) is 5.84 Å². The van der Waals surface area contributed by atoms with E-state index in [0.717, 1.165) is 16.8 Å². The fourth-order valence-electron chi connectivity index (χ4n) is 4.36. The van der Waals surface area contributed by atoms with E-state index in [2.05, 4.69) is 25.2 Å². The molecule has 10 N–H and O–H groups in total. The quantitative estimate of drug-likeness (QED) is 0.0462. The smallest absolute Gasteiger partial charge is 0.352 e. The van der Waals surface area contributed by atoms with E-state index >= 15 is 0 Å². The second-order valence-corrected chi connectivity index (χ2v) is 12.9. The average Bonchev–Trinajstić information content (AvgIpc) is 3.34. The Morgan fingerprint density at radius 2 is 2.00 bits per heavy atom. The summed E-state index contributed by atoms with van der Waals surface area (Å²) in [7, 11) is 1.55. The zero-order chi connectivity index (χ0) is 34.6. The van der Waals surface area contributed by atoms with Crippen molar-refractivity contribution in [2.75, 3.05) is 32.6 Å². The van der Waals surface area contributed by atoms with Gasteiger partial charge in [-0.2, -0.15) is 4.40 Å². The van der Waals surface area contributed by atoms with Gasteiger partial charge in [-0.25, -0.2) is 14.6 Å². The number of thioether (sulfide) groups is 1. The topological polar surface area (TPSA) is 284 Å². The molecule has 19 nitrogen and oxygen atoms in total. The minimum atomic E-state index is -1.79. The van der Waals surface area contributed by atoms with Crippen LogP contribution >= 0.6 is 23.7 Å². The first kappa shape index (κ1) is 35.3. The molecule has 2 unspecified atom stereocenters. The molecule has 4 aliphatic rings. The Labute approximate surface area is 277 Å². The summed E-state index contributed by atoms with van der Waals surface area (Å²) in [4.78, 5) is 76.0. The standard InChI is InChI=1S/C26H35N11O8S2/c1-26(2,24(43)44)45-33-15(19-34-47-25(29)35(19)3)20(39)32-16-21(40)37-17(23(41)42)12(10-46-22(16)37)5-4-8-36-9-13(18(28)30-11-36)31-14(38)6-7-27/h4-5,9,16,22,25H,6-8,10-11,27,29H2,1-3H3,(H2,28,30)(H,31,38)(H,32,39)(H,41,42)(H,43,44)/b5-4+,33-15-/t16-,22?,25?/m1/s1. The SMILES string of the molecule is CN1C(/C(=N/OC(C)(C)C(=O)O)C(=O)N[C@@H]2C(=O)N3C(C(=O)O)=C(/C=C/CN4C=C(NC(=O)CCN)C(N)=NC4)CSC23)=NSC1N. The highest BCUT2D eigenvalue weighted by atomic mass is 32.2. The number of aliphatic imine (C=N–C) groups is 1. The third-order valence-electron chi connectivity index (χ3n) is 7.07. The van der Waals surface area contributed by atoms with Crippen molar-refractivity contribution in [3.63, 3.8) is 0 Å². The number of carbonyl (C=O) groups excluding carboxylic acids is 3. The van der Waals surface area contributed by atoms with Gasteiger partial charge in [0.2, 0.25) is 17.2 Å². The van der Waals surface area contributed by atoms with Crippen LogP contribution < -0.4 is 27.8 Å². The van der Waals surface area contributed by atoms with Crippen molar-refractivity contribution in [1.82, 2.24) is 25.3 Å². The van der Waals surface area contributed by atoms with Crippen molar-refractivity contribution in [3.8, 4) is 0 Å². The molecule has 21 heteroatoms. The van der Waals surface area contributed by atoms with Crippen molar-refractivity contribution >= 4 is 70.8 Å². The molecule has 1 fully saturated rings. The number of oxime groups is 1. The number of fused-ring (bicyclic) bond motifs is 1. The van der Waals surface area contributed by atoms with Gasteiger partial charge in [0, 0.05) is 50.5 Å². The molecule has 3 atom stereocenters. The second-order valence-electron chi connectivity index (χ2n) is 10.9. The predicted molar refractivity (Wildman–Crippen MR) is 173 cm³/mol. The van der Waals surface area contributed by atoms with Crippen LogP contribution in [0.25, 0.3) is 0 Å². The Morgan fingerprint density at radius 1 is 1.28 bits per heavy atom. The summed E-state index contributed by atoms with van der Waals surface area (Å²) < 4.78 is 4.13. The van der Waals surface area contributed by atoms with Crippen molar-refractivity contribution in [3.05, 3.63) is 35.3 Å². The molecule has 0 saturated carbocycles. The number of hydrogen-bond acceptors (Lipinski definition) is 16. The molecule has 0 radical (unpaired) electrons. The van der Waals surface area contributed by atoms with E-state index in [0.29, 0.717) is 11.3 Å². The summed E-state index contributed by atoms with van der Waals surface area (Å²) >= 11 is 2.19. The average molecular weight is 694 g/mol. The summed E-state index contributed by atoms with van der Waals surface area (Å²) in [6.07, 6.45) is 5.02. The maximum atomic E-state index is 13.4. The van der Waals surface area contributed by atoms with E-state index in [1.54, 1.807) is 30.3 Å². The minimum Gasteiger partial charge on any atom is -0.478 e. The van der Waals surface area contributed by atoms with Crippen LogP contribution in [0.4, 0.5) is 0 Å². The summed E-state index contributed by atoms with van der Waals surface area (Å²) in [5.74, 6) is -4.16. The highest BCUT2D eigenvalue weighted by molar-refractivity contribution is 8.00. The lowest BCUT2D eigenvalue weighted by Crippen LogP contribution is -2.71. The van der Waals surface area contributed by atoms with Gasteiger partial charge in [0.1, 0.15) is 35.1 Å². The lowest BCUT2D eigenvalue weighted by Gasteiger charge is -2.49. The first-order chi connectivity index (χ1) is 22.2. The van der Waals surface area contributed by atoms with Gasteiger partial charge in [-0.3, -0.25) is 19.3 Å². The fraction of sp³-hybridized carbons (Fsp3) is 0.462. The molecule has 4 aliphatic heterocycles. The summed E-state index contributed by atoms with van der Waals surface area (Å²) in [5.41, 5.74) is 14.8. The Bertz CT molecular complexity index is 1540. The molecular weight excluding hydrogens is 658 g/mol. The number of nitrogens with two attached hydrogens (primary N) is 3. The van der Waals surface area contributed by atoms with E-state index in [9.17, 15) is 34.2 Å². The molecule has 0 aromatic carbocycles. The van der Waals surface area contributed by atoms with Crippen LogP contribution in [-0.2, 0) is 28.8 Å². The third-order valence-corrected chi connectivity index (χ3v) is 9.18. The van der Waals surface area contributed by atoms with Gasteiger partial charge in [-0.15, -0.1) is 11.8 Å². The molecule has 0 aliphatic carbocycles. The number of nitrogens with one attached hydrogen (secondary N) is 2. The van der Waals surface area contributed by atoms with Crippen molar-refractivity contribution in [2.45, 2.75) is 42.8 Å². The Kier molecular flexibility index (Phi) is 10.8. The first-order valence-corrected chi connectivity index (χ1v) is 15.9. The van der Waals surface area contributed by atoms with Crippen molar-refractivity contribution < 1.29 is 39.0 Å². The van der Waals surface area contributed by atoms with E-state index in [1.165, 1.54) is 30.5 Å². The molecule has 4 rings (SSSR count). The Morgan fingerprint density at radius 3 is 2.62 bits per heavy atom. The number of allylic oxidation sites excluding steroid dienone is 1. The van der Waals surface area contributed by atoms with Crippen LogP contribution in [0.3, 0.4) is 0 Å². The number of aliphatic carboxylic acids is 2. The zero-order valence-electron chi connectivity index (χ0n) is 25.6. The molecule has 0 spiro atoms. The number of hydrogen-bond donors (Lipinski definition) is 7. The number of carboxylic acids is 2. The lowest BCUT2D eigenvalue weighted by molar-refractivity contribution is -0.161. The Hall–Kier alpha value is -4.60. The number of carboxylic acid groups (broad SMARTS) is 2. The molecule has 254 valence electrons. The number of amidine groups is 2. The van der Waals surface area contributed by atoms with Crippen molar-refractivity contribution in [1.29, 1.82) is 0 Å². The molecule has 47 heavy (non-hydrogen) atoms. The molecule has 0 aromatic rings. The van der Waals surface area contributed by atoms with Crippen LogP contribution in [0.2, 0.25) is 0 Å². The van der Waals surface area contributed by atoms with Gasteiger partial charge in [0.05, 0.1) is 5.70 Å². The number of β-lactam (4-membered cyclic amide) rings is 1. The molecular formula is C26H35N11O8S2. The van der Waals surface area contributed by atoms with E-state index in [4.69, 9.17) is 22.0 Å². The number of amides is 3. The first-order valence-electron chi connectivity index (χ1n) is 14.0. The third kappa shape index (κ3) is 7.69. The maximum absolute atomic E-state index is 13.4. The molecule has 0 aromatic heterocycles. The highest BCUT2D eigenvalue weighted by Crippen LogP contribution is 2.40. The van der Waals surface area contributed by atoms with E-state index in [1.807, 2.05) is 0 Å². The summed E-state index contributed by atoms with van der Waals surface area (Å²) in [6.45, 7) is 3.14. The van der Waals surface area contributed by atoms with Gasteiger partial charge in [0.25, 0.3) is 11.8 Å². The number of carbonyl (C=O) groups is 5. The maximum Gasteiger partial charge on any atom is 0.352 e. The van der Waals surface area contributed by atoms with Gasteiger partial charge in [-0.05, 0) is 19.4 Å². The molecule has 4 heterocycles. The Balaban J connectivity index is 1.47. The lowest BCUT2D eigenvalue weighted by atomic mass is 10.0. The largest absolute Gasteiger partial charge is 0.478 e. The van der Waals surface area contributed by atoms with Crippen LogP contribution in [0.1, 0.15) is 20.3 Å². The molecule has 1 saturated heterocycles. The summed E-state index contributed by atoms with van der Waals surface area (Å²) in [6, 6.07) is -1.12. The monoisotopic (exact) mass is 693 g/mol. The van der Waals surface area contributed by atoms with Crippen LogP contribution in [0.5, 0.6) is 0 Å². The molecule has 0 bridgehead atoms. The predicted octanol–water partition coefficient (Wildman–Crippen LogP) is -2.31. The van der Waals surface area contributed by atoms with E-state index < -0.39 is 52.0 Å². The minimum absolute atomic E-state index is 0.00153. The van der Waals surface area contributed by atoms with E-state index in [-0.39, 0.29) is 55.2 Å². The second kappa shape index (κ2) is 14.4. The molecule has 3 amide bonds. The fourth-order valence-corrected chi connectivity index (χ4v) is 6.34. The number of rotatable bonds is 13. The van der Waals surface area contributed by atoms with Crippen molar-refractivity contribution in [2.24, 2.45) is 31.7 Å². The zero-order valence-corrected chi connectivity index (χ0v) is 27.2. The van der Waals surface area contributed by atoms with Gasteiger partial charge >= 0.3 is 11.9 Å². The van der Waals surface area contributed by atoms with Crippen LogP contribution in [0, 0.1) is 0 Å². The highest BCUT2D eigenvalue weighted by Gasteiger charge is 2.54. The summed E-state index contributed by atoms with van der Waals surface area (Å²) in [5, 5.41) is 27.7.